The summed E-state index contributed by atoms with van der Waals surface area (Å²) in [5.41, 5.74) is -0.0154. The van der Waals surface area contributed by atoms with Crippen LogP contribution in [-0.4, -0.2) is 32.0 Å². The zero-order valence-electron chi connectivity index (χ0n) is 15.5. The first kappa shape index (κ1) is 18.3. The number of aromatic hydroxyl groups is 1. The van der Waals surface area contributed by atoms with Crippen molar-refractivity contribution in [1.82, 2.24) is 9.13 Å². The van der Waals surface area contributed by atoms with Crippen LogP contribution in [0.4, 0.5) is 5.69 Å². The van der Waals surface area contributed by atoms with Crippen molar-refractivity contribution in [2.45, 2.75) is 0 Å². The number of carbonyl (C=O) groups excluding carboxylic acids is 2. The number of ketones is 2. The van der Waals surface area contributed by atoms with E-state index in [1.54, 1.807) is 24.3 Å². The molecule has 1 heterocycles. The average molecular weight is 389 g/mol. The summed E-state index contributed by atoms with van der Waals surface area (Å²) in [5, 5.41) is 10.1. The molecule has 8 heteroatoms. The second-order valence-electron chi connectivity index (χ2n) is 6.63. The van der Waals surface area contributed by atoms with Crippen LogP contribution in [0, 0.1) is 0 Å². The van der Waals surface area contributed by atoms with Gasteiger partial charge in [0, 0.05) is 42.6 Å². The Morgan fingerprint density at radius 2 is 1.41 bits per heavy atom. The SMILES string of the molecule is Cn1c(O)c(C=Nc2ccc3c(c2)C(=O)c2ccccc2C3=O)c(=O)n(C)c1=O. The van der Waals surface area contributed by atoms with Crippen LogP contribution in [0.1, 0.15) is 37.4 Å². The largest absolute Gasteiger partial charge is 0.494 e. The number of hydrogen-bond donors (Lipinski definition) is 1. The highest BCUT2D eigenvalue weighted by atomic mass is 16.3. The van der Waals surface area contributed by atoms with E-state index >= 15 is 0 Å². The van der Waals surface area contributed by atoms with Crippen molar-refractivity contribution in [1.29, 1.82) is 0 Å². The highest BCUT2D eigenvalue weighted by Gasteiger charge is 2.29. The third kappa shape index (κ3) is 2.73. The van der Waals surface area contributed by atoms with Gasteiger partial charge in [-0.15, -0.1) is 0 Å². The molecule has 2 aromatic carbocycles. The van der Waals surface area contributed by atoms with Gasteiger partial charge in [-0.05, 0) is 18.2 Å². The maximum atomic E-state index is 12.8. The molecule has 1 N–H and O–H groups in total. The lowest BCUT2D eigenvalue weighted by molar-refractivity contribution is 0.0979. The molecule has 1 aliphatic rings. The van der Waals surface area contributed by atoms with E-state index in [9.17, 15) is 24.3 Å². The number of rotatable bonds is 2. The van der Waals surface area contributed by atoms with E-state index in [4.69, 9.17) is 0 Å². The highest BCUT2D eigenvalue weighted by Crippen LogP contribution is 2.29. The molecule has 0 saturated carbocycles. The second-order valence-corrected chi connectivity index (χ2v) is 6.63. The molecule has 0 spiro atoms. The summed E-state index contributed by atoms with van der Waals surface area (Å²) in [5.74, 6) is -1.04. The first-order chi connectivity index (χ1) is 13.8. The molecule has 1 aromatic heterocycles. The molecule has 0 radical (unpaired) electrons. The Hall–Kier alpha value is -4.07. The van der Waals surface area contributed by atoms with Gasteiger partial charge in [-0.25, -0.2) is 4.79 Å². The van der Waals surface area contributed by atoms with Crippen molar-refractivity contribution in [3.8, 4) is 5.88 Å². The van der Waals surface area contributed by atoms with Crippen molar-refractivity contribution < 1.29 is 14.7 Å². The number of hydrogen-bond acceptors (Lipinski definition) is 6. The van der Waals surface area contributed by atoms with Gasteiger partial charge in [0.1, 0.15) is 5.56 Å². The van der Waals surface area contributed by atoms with Gasteiger partial charge in [0.05, 0.1) is 5.69 Å². The summed E-state index contributed by atoms with van der Waals surface area (Å²) in [7, 11) is 2.62. The molecule has 0 bridgehead atoms. The van der Waals surface area contributed by atoms with Gasteiger partial charge >= 0.3 is 5.69 Å². The highest BCUT2D eigenvalue weighted by molar-refractivity contribution is 6.28. The Labute approximate surface area is 164 Å². The number of carbonyl (C=O) groups is 2. The van der Waals surface area contributed by atoms with Crippen LogP contribution >= 0.6 is 0 Å². The van der Waals surface area contributed by atoms with Crippen molar-refractivity contribution in [2.24, 2.45) is 19.1 Å². The molecule has 144 valence electrons. The normalized spacial score (nSPS) is 12.9. The molecular formula is C21H15N3O5. The van der Waals surface area contributed by atoms with Crippen molar-refractivity contribution in [3.05, 3.63) is 91.1 Å². The lowest BCUT2D eigenvalue weighted by Crippen LogP contribution is -2.38. The molecule has 0 saturated heterocycles. The van der Waals surface area contributed by atoms with Gasteiger partial charge in [-0.2, -0.15) is 0 Å². The monoisotopic (exact) mass is 389 g/mol. The van der Waals surface area contributed by atoms with Gasteiger partial charge in [-0.3, -0.25) is 28.5 Å². The number of nitrogens with zero attached hydrogens (tertiary/aromatic N) is 3. The fraction of sp³-hybridized carbons (Fsp3) is 0.0952. The number of aromatic nitrogens is 2. The second kappa shape index (κ2) is 6.52. The Bertz CT molecular complexity index is 1360. The van der Waals surface area contributed by atoms with Crippen LogP contribution in [0.25, 0.3) is 0 Å². The quantitative estimate of drug-likeness (QED) is 0.520. The molecule has 29 heavy (non-hydrogen) atoms. The van der Waals surface area contributed by atoms with Crippen molar-refractivity contribution >= 4 is 23.5 Å². The summed E-state index contributed by atoms with van der Waals surface area (Å²) in [6, 6.07) is 11.1. The summed E-state index contributed by atoms with van der Waals surface area (Å²) in [6.07, 6.45) is 1.13. The maximum Gasteiger partial charge on any atom is 0.333 e. The van der Waals surface area contributed by atoms with Gasteiger partial charge in [0.15, 0.2) is 11.6 Å². The van der Waals surface area contributed by atoms with Crippen LogP contribution in [-0.2, 0) is 14.1 Å². The van der Waals surface area contributed by atoms with E-state index in [0.29, 0.717) is 16.8 Å². The molecule has 4 rings (SSSR count). The van der Waals surface area contributed by atoms with Crippen LogP contribution in [0.3, 0.4) is 0 Å². The lowest BCUT2D eigenvalue weighted by Gasteiger charge is -2.17. The maximum absolute atomic E-state index is 12.8. The zero-order valence-corrected chi connectivity index (χ0v) is 15.5. The standard InChI is InChI=1S/C21H15N3O5/c1-23-19(27)16(20(28)24(2)21(23)29)10-22-11-7-8-14-15(9-11)18(26)13-6-4-3-5-12(13)17(14)25/h3-10,27H,1-2H3. The average Bonchev–Trinajstić information content (AvgIpc) is 2.74. The first-order valence-corrected chi connectivity index (χ1v) is 8.66. The minimum absolute atomic E-state index is 0.167. The van der Waals surface area contributed by atoms with E-state index < -0.39 is 17.1 Å². The third-order valence-corrected chi connectivity index (χ3v) is 4.92. The Balaban J connectivity index is 1.79. The van der Waals surface area contributed by atoms with Crippen LogP contribution < -0.4 is 11.2 Å². The number of benzene rings is 2. The van der Waals surface area contributed by atoms with Crippen molar-refractivity contribution in [2.75, 3.05) is 0 Å². The number of fused-ring (bicyclic) bond motifs is 2. The number of aliphatic imine (C=N–C) groups is 1. The molecule has 0 aliphatic heterocycles. The Morgan fingerprint density at radius 1 is 0.828 bits per heavy atom. The topological polar surface area (TPSA) is 111 Å². The minimum Gasteiger partial charge on any atom is -0.494 e. The first-order valence-electron chi connectivity index (χ1n) is 8.66. The van der Waals surface area contributed by atoms with Gasteiger partial charge in [0.25, 0.3) is 5.56 Å². The Morgan fingerprint density at radius 3 is 2.07 bits per heavy atom. The van der Waals surface area contributed by atoms with E-state index in [1.807, 2.05) is 0 Å². The fourth-order valence-electron chi connectivity index (χ4n) is 3.28. The summed E-state index contributed by atoms with van der Waals surface area (Å²) < 4.78 is 1.78. The van der Waals surface area contributed by atoms with Crippen molar-refractivity contribution in [3.63, 3.8) is 0 Å². The van der Waals surface area contributed by atoms with Crippen LogP contribution in [0.5, 0.6) is 5.88 Å². The molecular weight excluding hydrogens is 374 g/mol. The lowest BCUT2D eigenvalue weighted by atomic mass is 9.84. The smallest absolute Gasteiger partial charge is 0.333 e. The van der Waals surface area contributed by atoms with E-state index in [2.05, 4.69) is 4.99 Å². The summed E-state index contributed by atoms with van der Waals surface area (Å²) >= 11 is 0. The fourth-order valence-corrected chi connectivity index (χ4v) is 3.28. The molecule has 1 aliphatic carbocycles. The summed E-state index contributed by atoms with van der Waals surface area (Å²) in [4.78, 5) is 53.6. The zero-order chi connectivity index (χ0) is 20.9. The van der Waals surface area contributed by atoms with Gasteiger partial charge < -0.3 is 5.11 Å². The van der Waals surface area contributed by atoms with E-state index in [0.717, 1.165) is 15.3 Å². The molecule has 0 amide bonds. The molecule has 8 nitrogen and oxygen atoms in total. The predicted molar refractivity (Wildman–Crippen MR) is 106 cm³/mol. The molecule has 0 unspecified atom stereocenters. The minimum atomic E-state index is -0.701. The van der Waals surface area contributed by atoms with Crippen LogP contribution in [0.2, 0.25) is 0 Å². The molecule has 3 aromatic rings. The van der Waals surface area contributed by atoms with Crippen LogP contribution in [0.15, 0.2) is 57.0 Å². The molecule has 0 atom stereocenters. The van der Waals surface area contributed by atoms with E-state index in [1.165, 1.54) is 32.3 Å². The van der Waals surface area contributed by atoms with Gasteiger partial charge in [-0.1, -0.05) is 24.3 Å². The van der Waals surface area contributed by atoms with Gasteiger partial charge in [0.2, 0.25) is 5.88 Å². The van der Waals surface area contributed by atoms with E-state index in [-0.39, 0.29) is 28.3 Å². The summed E-state index contributed by atoms with van der Waals surface area (Å²) in [6.45, 7) is 0. The molecule has 0 fully saturated rings. The predicted octanol–water partition coefficient (Wildman–Crippen LogP) is 1.32. The third-order valence-electron chi connectivity index (χ3n) is 4.92. The Kier molecular flexibility index (Phi) is 4.11.